The van der Waals surface area contributed by atoms with Crippen LogP contribution in [-0.2, 0) is 24.4 Å². The second kappa shape index (κ2) is 8.47. The number of likely N-dealkylation sites (tertiary alicyclic amines) is 1. The van der Waals surface area contributed by atoms with E-state index in [1.54, 1.807) is 18.3 Å². The molecule has 1 aliphatic heterocycles. The molecule has 0 saturated carbocycles. The molecule has 0 bridgehead atoms. The van der Waals surface area contributed by atoms with Gasteiger partial charge in [-0.25, -0.2) is 0 Å². The van der Waals surface area contributed by atoms with E-state index in [0.29, 0.717) is 19.0 Å². The summed E-state index contributed by atoms with van der Waals surface area (Å²) in [5.74, 6) is 2.32. The smallest absolute Gasteiger partial charge is 0.250 e. The fourth-order valence-corrected chi connectivity index (χ4v) is 3.62. The Balaban J connectivity index is 1.62. The fourth-order valence-electron chi connectivity index (χ4n) is 3.62. The minimum atomic E-state index is -0.148. The molecule has 1 amide bonds. The molecule has 0 spiro atoms. The third-order valence-corrected chi connectivity index (χ3v) is 5.05. The zero-order chi connectivity index (χ0) is 19.4. The summed E-state index contributed by atoms with van der Waals surface area (Å²) >= 11 is 0. The van der Waals surface area contributed by atoms with Crippen molar-refractivity contribution < 1.29 is 4.79 Å². The highest BCUT2D eigenvalue weighted by atomic mass is 16.2. The first-order valence-electron chi connectivity index (χ1n) is 9.49. The van der Waals surface area contributed by atoms with E-state index in [2.05, 4.69) is 26.6 Å². The number of amides is 1. The van der Waals surface area contributed by atoms with Crippen molar-refractivity contribution >= 4 is 5.91 Å². The van der Waals surface area contributed by atoms with Crippen LogP contribution >= 0.6 is 0 Å². The summed E-state index contributed by atoms with van der Waals surface area (Å²) in [6, 6.07) is 4.93. The Hall–Kier alpha value is -2.48. The number of aromatic nitrogens is 4. The van der Waals surface area contributed by atoms with Crippen molar-refractivity contribution in [3.63, 3.8) is 0 Å². The molecular weight excluding hydrogens is 344 g/mol. The van der Waals surface area contributed by atoms with Crippen LogP contribution in [0.1, 0.15) is 37.3 Å². The lowest BCUT2D eigenvalue weighted by molar-refractivity contribution is -0.133. The Labute approximate surface area is 159 Å². The molecule has 0 aliphatic carbocycles. The molecule has 8 heteroatoms. The van der Waals surface area contributed by atoms with Crippen LogP contribution in [-0.4, -0.2) is 62.2 Å². The Bertz CT molecular complexity index is 833. The molecule has 146 valence electrons. The van der Waals surface area contributed by atoms with E-state index < -0.39 is 0 Å². The third kappa shape index (κ3) is 4.44. The lowest BCUT2D eigenvalue weighted by Crippen LogP contribution is -2.41. The van der Waals surface area contributed by atoms with Crippen molar-refractivity contribution in [2.45, 2.75) is 45.3 Å². The second-order valence-corrected chi connectivity index (χ2v) is 7.28. The average Bonchev–Trinajstić information content (AvgIpc) is 3.05. The lowest BCUT2D eigenvalue weighted by atomic mass is 9.95. The molecule has 2 aromatic rings. The van der Waals surface area contributed by atoms with Crippen LogP contribution in [0.2, 0.25) is 0 Å². The Morgan fingerprint density at radius 2 is 1.96 bits per heavy atom. The van der Waals surface area contributed by atoms with Crippen molar-refractivity contribution in [1.29, 1.82) is 0 Å². The predicted octanol–water partition coefficient (Wildman–Crippen LogP) is 0.928. The maximum Gasteiger partial charge on any atom is 0.250 e. The molecule has 1 aliphatic rings. The second-order valence-electron chi connectivity index (χ2n) is 7.28. The molecule has 0 N–H and O–H groups in total. The third-order valence-electron chi connectivity index (χ3n) is 5.05. The highest BCUT2D eigenvalue weighted by Crippen LogP contribution is 2.27. The number of pyridine rings is 1. The molecule has 3 rings (SSSR count). The molecule has 1 fully saturated rings. The van der Waals surface area contributed by atoms with Crippen LogP contribution in [0, 0.1) is 0 Å². The summed E-state index contributed by atoms with van der Waals surface area (Å²) in [5, 5.41) is 8.83. The first-order chi connectivity index (χ1) is 13.0. The summed E-state index contributed by atoms with van der Waals surface area (Å²) in [6.07, 6.45) is 3.40. The van der Waals surface area contributed by atoms with Crippen molar-refractivity contribution in [3.05, 3.63) is 46.4 Å². The van der Waals surface area contributed by atoms with Crippen LogP contribution in [0.25, 0.3) is 0 Å². The zero-order valence-electron chi connectivity index (χ0n) is 16.3. The van der Waals surface area contributed by atoms with Gasteiger partial charge < -0.3 is 18.9 Å². The number of hydrogen-bond acceptors (Lipinski definition) is 5. The number of carbonyl (C=O) groups is 1. The number of nitrogens with zero attached hydrogens (tertiary/aromatic N) is 6. The molecular formula is C19H28N6O2. The molecule has 27 heavy (non-hydrogen) atoms. The van der Waals surface area contributed by atoms with E-state index in [9.17, 15) is 9.59 Å². The molecule has 0 radical (unpaired) electrons. The van der Waals surface area contributed by atoms with Gasteiger partial charge in [-0.3, -0.25) is 9.59 Å². The maximum absolute atomic E-state index is 12.5. The van der Waals surface area contributed by atoms with Gasteiger partial charge in [0.1, 0.15) is 18.2 Å². The van der Waals surface area contributed by atoms with Gasteiger partial charge in [0.15, 0.2) is 0 Å². The molecule has 8 nitrogen and oxygen atoms in total. The van der Waals surface area contributed by atoms with Crippen LogP contribution in [0.5, 0.6) is 0 Å². The summed E-state index contributed by atoms with van der Waals surface area (Å²) < 4.78 is 3.65. The maximum atomic E-state index is 12.5. The van der Waals surface area contributed by atoms with Gasteiger partial charge >= 0.3 is 0 Å². The molecule has 0 aromatic carbocycles. The standard InChI is InChI=1S/C19H28N6O2/c1-4-25-16(13-22(2)3)20-21-19(25)15-8-11-23(12-9-15)18(27)14-24-10-6-5-7-17(24)26/h5-7,10,15H,4,8-9,11-14H2,1-3H3. The fraction of sp³-hybridized carbons (Fsp3) is 0.579. The number of rotatable bonds is 6. The summed E-state index contributed by atoms with van der Waals surface area (Å²) in [6.45, 7) is 5.20. The first kappa shape index (κ1) is 19.3. The molecule has 0 atom stereocenters. The number of hydrogen-bond donors (Lipinski definition) is 0. The Morgan fingerprint density at radius 3 is 2.59 bits per heavy atom. The van der Waals surface area contributed by atoms with E-state index in [1.165, 1.54) is 10.6 Å². The van der Waals surface area contributed by atoms with Crippen LogP contribution in [0.15, 0.2) is 29.2 Å². The minimum absolute atomic E-state index is 0.00740. The number of piperidine rings is 1. The average molecular weight is 372 g/mol. The van der Waals surface area contributed by atoms with Crippen LogP contribution in [0.3, 0.4) is 0 Å². The van der Waals surface area contributed by atoms with E-state index in [1.807, 2.05) is 19.0 Å². The SMILES string of the molecule is CCn1c(CN(C)C)nnc1C1CCN(C(=O)Cn2ccccc2=O)CC1. The van der Waals surface area contributed by atoms with E-state index in [0.717, 1.165) is 37.6 Å². The summed E-state index contributed by atoms with van der Waals surface area (Å²) in [4.78, 5) is 28.3. The number of carbonyl (C=O) groups excluding carboxylic acids is 1. The zero-order valence-corrected chi connectivity index (χ0v) is 16.3. The van der Waals surface area contributed by atoms with E-state index >= 15 is 0 Å². The van der Waals surface area contributed by atoms with Crippen molar-refractivity contribution in [2.75, 3.05) is 27.2 Å². The quantitative estimate of drug-likeness (QED) is 0.754. The lowest BCUT2D eigenvalue weighted by Gasteiger charge is -2.32. The van der Waals surface area contributed by atoms with Gasteiger partial charge in [0.2, 0.25) is 5.91 Å². The topological polar surface area (TPSA) is 76.3 Å². The van der Waals surface area contributed by atoms with Gasteiger partial charge in [-0.15, -0.1) is 10.2 Å². The Morgan fingerprint density at radius 1 is 1.22 bits per heavy atom. The molecule has 0 unspecified atom stereocenters. The minimum Gasteiger partial charge on any atom is -0.341 e. The normalized spacial score (nSPS) is 15.5. The monoisotopic (exact) mass is 372 g/mol. The molecule has 1 saturated heterocycles. The molecule has 2 aromatic heterocycles. The van der Waals surface area contributed by atoms with Gasteiger partial charge in [-0.1, -0.05) is 6.07 Å². The van der Waals surface area contributed by atoms with Crippen LogP contribution < -0.4 is 5.56 Å². The highest BCUT2D eigenvalue weighted by Gasteiger charge is 2.28. The van der Waals surface area contributed by atoms with E-state index in [-0.39, 0.29) is 18.0 Å². The van der Waals surface area contributed by atoms with Gasteiger partial charge in [0, 0.05) is 37.8 Å². The largest absolute Gasteiger partial charge is 0.341 e. The van der Waals surface area contributed by atoms with Gasteiger partial charge in [0.05, 0.1) is 6.54 Å². The highest BCUT2D eigenvalue weighted by molar-refractivity contribution is 5.76. The van der Waals surface area contributed by atoms with Crippen molar-refractivity contribution in [2.24, 2.45) is 0 Å². The van der Waals surface area contributed by atoms with Gasteiger partial charge in [0.25, 0.3) is 5.56 Å². The van der Waals surface area contributed by atoms with Crippen molar-refractivity contribution in [3.8, 4) is 0 Å². The Kier molecular flexibility index (Phi) is 6.05. The summed E-state index contributed by atoms with van der Waals surface area (Å²) in [7, 11) is 4.05. The summed E-state index contributed by atoms with van der Waals surface area (Å²) in [5.41, 5.74) is -0.148. The van der Waals surface area contributed by atoms with Gasteiger partial charge in [-0.2, -0.15) is 0 Å². The first-order valence-corrected chi connectivity index (χ1v) is 9.49. The molecule has 3 heterocycles. The van der Waals surface area contributed by atoms with Gasteiger partial charge in [-0.05, 0) is 39.9 Å². The van der Waals surface area contributed by atoms with E-state index in [4.69, 9.17) is 0 Å². The predicted molar refractivity (Wildman–Crippen MR) is 102 cm³/mol. The van der Waals surface area contributed by atoms with Crippen molar-refractivity contribution in [1.82, 2.24) is 29.1 Å². The van der Waals surface area contributed by atoms with Crippen LogP contribution in [0.4, 0.5) is 0 Å².